The lowest BCUT2D eigenvalue weighted by molar-refractivity contribution is -0.0610. The lowest BCUT2D eigenvalue weighted by atomic mass is 10.2. The van der Waals surface area contributed by atoms with E-state index in [0.717, 1.165) is 0 Å². The third-order valence-electron chi connectivity index (χ3n) is 3.22. The van der Waals surface area contributed by atoms with Crippen LogP contribution in [0.1, 0.15) is 48.5 Å². The van der Waals surface area contributed by atoms with Crippen molar-refractivity contribution in [1.82, 2.24) is 4.90 Å². The van der Waals surface area contributed by atoms with E-state index in [1.165, 1.54) is 10.7 Å². The number of ether oxygens (including phenoxy) is 2. The largest absolute Gasteiger partial charge is 0.444 e. The molecule has 0 aromatic carbocycles. The van der Waals surface area contributed by atoms with E-state index in [0.29, 0.717) is 0 Å². The van der Waals surface area contributed by atoms with Crippen LogP contribution in [0, 0.1) is 0 Å². The first kappa shape index (κ1) is 21.2. The summed E-state index contributed by atoms with van der Waals surface area (Å²) in [5.41, 5.74) is -1.44. The van der Waals surface area contributed by atoms with Gasteiger partial charge in [-0.1, -0.05) is 6.08 Å². The van der Waals surface area contributed by atoms with Gasteiger partial charge in [0.2, 0.25) is 0 Å². The van der Waals surface area contributed by atoms with Gasteiger partial charge in [0, 0.05) is 5.82 Å². The summed E-state index contributed by atoms with van der Waals surface area (Å²) in [5, 5.41) is 0. The molecule has 0 N–H and O–H groups in total. The summed E-state index contributed by atoms with van der Waals surface area (Å²) in [6.07, 6.45) is 1.15. The molecule has 1 aliphatic heterocycles. The predicted octanol–water partition coefficient (Wildman–Crippen LogP) is 4.14. The molecule has 1 heterocycles. The van der Waals surface area contributed by atoms with E-state index < -0.39 is 31.1 Å². The summed E-state index contributed by atoms with van der Waals surface area (Å²) >= 11 is 0. The Balaban J connectivity index is 2.98. The van der Waals surface area contributed by atoms with Crippen molar-refractivity contribution in [2.45, 2.75) is 65.8 Å². The number of nitrogens with zero attached hydrogens (tertiary/aromatic N) is 1. The molecular weight excluding hydrogens is 333 g/mol. The number of amides is 1. The fourth-order valence-electron chi connectivity index (χ4n) is 2.33. The van der Waals surface area contributed by atoms with Crippen molar-refractivity contribution in [3.63, 3.8) is 0 Å². The van der Waals surface area contributed by atoms with Gasteiger partial charge < -0.3 is 18.5 Å². The quantitative estimate of drug-likeness (QED) is 0.660. The van der Waals surface area contributed by atoms with Gasteiger partial charge in [0.05, 0.1) is 25.9 Å². The first-order valence-corrected chi connectivity index (χ1v) is 9.79. The van der Waals surface area contributed by atoms with E-state index >= 15 is 0 Å². The molecule has 1 fully saturated rings. The average Bonchev–Trinajstić information content (AvgIpc) is 2.70. The molecule has 1 aliphatic rings. The highest BCUT2D eigenvalue weighted by Crippen LogP contribution is 2.50. The van der Waals surface area contributed by atoms with Gasteiger partial charge >= 0.3 is 13.7 Å². The van der Waals surface area contributed by atoms with Crippen LogP contribution < -0.4 is 0 Å². The molecule has 0 aromatic rings. The van der Waals surface area contributed by atoms with Crippen LogP contribution in [-0.4, -0.2) is 48.2 Å². The van der Waals surface area contributed by atoms with Crippen molar-refractivity contribution >= 4 is 13.7 Å². The van der Waals surface area contributed by atoms with Crippen molar-refractivity contribution in [2.75, 3.05) is 19.8 Å². The van der Waals surface area contributed by atoms with Crippen molar-refractivity contribution in [3.05, 3.63) is 11.9 Å². The number of carbonyl (C=O) groups excluding carboxylic acids is 1. The molecule has 1 rings (SSSR count). The molecule has 1 amide bonds. The molecule has 1 unspecified atom stereocenters. The fraction of sp³-hybridized carbons (Fsp3) is 0.812. The van der Waals surface area contributed by atoms with Gasteiger partial charge in [0.15, 0.2) is 0 Å². The number of hydrogen-bond acceptors (Lipinski definition) is 6. The molecule has 0 aromatic heterocycles. The van der Waals surface area contributed by atoms with Crippen LogP contribution in [0.3, 0.4) is 0 Å². The summed E-state index contributed by atoms with van der Waals surface area (Å²) in [4.78, 5) is 14.0. The van der Waals surface area contributed by atoms with E-state index in [-0.39, 0.29) is 19.8 Å². The SMILES string of the molecule is CCOP(=O)(/C=C/C1COC(C)(C)N1C(=O)OC(C)(C)C)OCC. The van der Waals surface area contributed by atoms with Gasteiger partial charge in [-0.15, -0.1) is 0 Å². The molecule has 0 spiro atoms. The number of hydrogen-bond donors (Lipinski definition) is 0. The van der Waals surface area contributed by atoms with Crippen LogP contribution in [0.2, 0.25) is 0 Å². The molecule has 0 bridgehead atoms. The van der Waals surface area contributed by atoms with E-state index in [1.807, 2.05) is 0 Å². The van der Waals surface area contributed by atoms with Crippen molar-refractivity contribution in [3.8, 4) is 0 Å². The van der Waals surface area contributed by atoms with Crippen LogP contribution >= 0.6 is 7.60 Å². The number of rotatable bonds is 6. The van der Waals surface area contributed by atoms with Gasteiger partial charge in [-0.3, -0.25) is 9.46 Å². The van der Waals surface area contributed by atoms with Crippen LogP contribution in [0.5, 0.6) is 0 Å². The van der Waals surface area contributed by atoms with Gasteiger partial charge in [-0.05, 0) is 48.5 Å². The van der Waals surface area contributed by atoms with Crippen LogP contribution in [0.15, 0.2) is 11.9 Å². The van der Waals surface area contributed by atoms with Crippen molar-refractivity contribution in [1.29, 1.82) is 0 Å². The van der Waals surface area contributed by atoms with Gasteiger partial charge in [-0.2, -0.15) is 0 Å². The van der Waals surface area contributed by atoms with E-state index in [1.54, 1.807) is 54.5 Å². The molecule has 1 atom stereocenters. The highest BCUT2D eigenvalue weighted by atomic mass is 31.2. The minimum Gasteiger partial charge on any atom is -0.444 e. The summed E-state index contributed by atoms with van der Waals surface area (Å²) in [6, 6.07) is -0.413. The van der Waals surface area contributed by atoms with Gasteiger partial charge in [0.1, 0.15) is 11.3 Å². The Hall–Kier alpha value is -0.880. The monoisotopic (exact) mass is 363 g/mol. The zero-order valence-electron chi connectivity index (χ0n) is 15.7. The Labute approximate surface area is 144 Å². The Morgan fingerprint density at radius 1 is 1.29 bits per heavy atom. The third kappa shape index (κ3) is 5.88. The Kier molecular flexibility index (Phi) is 7.05. The maximum Gasteiger partial charge on any atom is 0.413 e. The standard InChI is InChI=1S/C16H30NO6P/c1-8-21-24(19,22-9-2)11-10-13-12-20-16(6,7)17(13)14(18)23-15(3,4)5/h10-11,13H,8-9,12H2,1-7H3/b11-10+. The number of carbonyl (C=O) groups is 1. The maximum absolute atomic E-state index is 12.5. The zero-order chi connectivity index (χ0) is 18.6. The molecule has 8 heteroatoms. The van der Waals surface area contributed by atoms with Crippen LogP contribution in [0.25, 0.3) is 0 Å². The first-order valence-electron chi connectivity index (χ1n) is 8.18. The molecule has 0 saturated carbocycles. The van der Waals surface area contributed by atoms with E-state index in [9.17, 15) is 9.36 Å². The fourth-order valence-corrected chi connectivity index (χ4v) is 3.70. The lowest BCUT2D eigenvalue weighted by Gasteiger charge is -2.34. The molecule has 0 radical (unpaired) electrons. The Morgan fingerprint density at radius 2 is 1.83 bits per heavy atom. The summed E-state index contributed by atoms with van der Waals surface area (Å²) in [7, 11) is -3.33. The topological polar surface area (TPSA) is 74.3 Å². The smallest absolute Gasteiger partial charge is 0.413 e. The normalized spacial score (nSPS) is 21.5. The molecule has 7 nitrogen and oxygen atoms in total. The minimum atomic E-state index is -3.33. The second kappa shape index (κ2) is 8.00. The van der Waals surface area contributed by atoms with Crippen LogP contribution in [-0.2, 0) is 23.1 Å². The van der Waals surface area contributed by atoms with Gasteiger partial charge in [0.25, 0.3) is 0 Å². The van der Waals surface area contributed by atoms with E-state index in [2.05, 4.69) is 0 Å². The van der Waals surface area contributed by atoms with Crippen molar-refractivity contribution in [2.24, 2.45) is 0 Å². The Bertz CT molecular complexity index is 501. The van der Waals surface area contributed by atoms with E-state index in [4.69, 9.17) is 18.5 Å². The minimum absolute atomic E-state index is 0.268. The second-order valence-corrected chi connectivity index (χ2v) is 8.79. The lowest BCUT2D eigenvalue weighted by Crippen LogP contribution is -2.49. The van der Waals surface area contributed by atoms with Gasteiger partial charge in [-0.25, -0.2) is 4.79 Å². The summed E-state index contributed by atoms with van der Waals surface area (Å²) < 4.78 is 34.1. The molecule has 140 valence electrons. The third-order valence-corrected chi connectivity index (χ3v) is 4.99. The van der Waals surface area contributed by atoms with Crippen molar-refractivity contribution < 1.29 is 27.9 Å². The highest BCUT2D eigenvalue weighted by molar-refractivity contribution is 7.57. The molecule has 1 saturated heterocycles. The first-order chi connectivity index (χ1) is 10.9. The molecule has 24 heavy (non-hydrogen) atoms. The molecule has 0 aliphatic carbocycles. The summed E-state index contributed by atoms with van der Waals surface area (Å²) in [5.74, 6) is 1.40. The van der Waals surface area contributed by atoms with Crippen LogP contribution in [0.4, 0.5) is 4.79 Å². The second-order valence-electron chi connectivity index (χ2n) is 6.89. The zero-order valence-corrected chi connectivity index (χ0v) is 16.6. The highest BCUT2D eigenvalue weighted by Gasteiger charge is 2.45. The predicted molar refractivity (Wildman–Crippen MR) is 91.9 cm³/mol. The maximum atomic E-state index is 12.5. The summed E-state index contributed by atoms with van der Waals surface area (Å²) in [6.45, 7) is 13.3. The average molecular weight is 363 g/mol. The molecular formula is C16H30NO6P. The Morgan fingerprint density at radius 3 is 2.29 bits per heavy atom.